The maximum Gasteiger partial charge on any atom is 0.0678 e. The van der Waals surface area contributed by atoms with Crippen molar-refractivity contribution in [2.75, 3.05) is 19.6 Å². The fourth-order valence-corrected chi connectivity index (χ4v) is 1.62. The van der Waals surface area contributed by atoms with Gasteiger partial charge in [0.1, 0.15) is 0 Å². The lowest BCUT2D eigenvalue weighted by Crippen LogP contribution is -2.45. The van der Waals surface area contributed by atoms with Crippen LogP contribution in [0.25, 0.3) is 0 Å². The van der Waals surface area contributed by atoms with E-state index in [1.54, 1.807) is 0 Å². The zero-order valence-corrected chi connectivity index (χ0v) is 7.42. The minimum absolute atomic E-state index is 0.374. The SMILES string of the molecule is C=CCN1C[C@@H](C)O[C@@H](C)C1. The summed E-state index contributed by atoms with van der Waals surface area (Å²) in [5.74, 6) is 0. The Bertz CT molecular complexity index is 126. The number of hydrogen-bond acceptors (Lipinski definition) is 2. The van der Waals surface area contributed by atoms with Gasteiger partial charge in [0, 0.05) is 19.6 Å². The summed E-state index contributed by atoms with van der Waals surface area (Å²) >= 11 is 0. The van der Waals surface area contributed by atoms with E-state index in [1.807, 2.05) is 6.08 Å². The molecule has 0 aliphatic carbocycles. The summed E-state index contributed by atoms with van der Waals surface area (Å²) in [5, 5.41) is 0. The third-order valence-electron chi connectivity index (χ3n) is 1.88. The second-order valence-electron chi connectivity index (χ2n) is 3.26. The number of morpholine rings is 1. The lowest BCUT2D eigenvalue weighted by Gasteiger charge is -2.34. The Morgan fingerprint density at radius 3 is 2.45 bits per heavy atom. The van der Waals surface area contributed by atoms with Crippen molar-refractivity contribution < 1.29 is 4.74 Å². The van der Waals surface area contributed by atoms with Gasteiger partial charge in [-0.05, 0) is 13.8 Å². The van der Waals surface area contributed by atoms with Crippen LogP contribution in [0, 0.1) is 0 Å². The predicted molar refractivity (Wildman–Crippen MR) is 46.6 cm³/mol. The molecule has 0 unspecified atom stereocenters. The van der Waals surface area contributed by atoms with Crippen LogP contribution in [-0.2, 0) is 4.74 Å². The second kappa shape index (κ2) is 3.88. The quantitative estimate of drug-likeness (QED) is 0.557. The van der Waals surface area contributed by atoms with Gasteiger partial charge in [-0.1, -0.05) is 6.08 Å². The first-order chi connectivity index (χ1) is 5.22. The van der Waals surface area contributed by atoms with E-state index >= 15 is 0 Å². The lowest BCUT2D eigenvalue weighted by molar-refractivity contribution is -0.0646. The third kappa shape index (κ3) is 2.64. The van der Waals surface area contributed by atoms with E-state index in [2.05, 4.69) is 25.3 Å². The monoisotopic (exact) mass is 155 g/mol. The normalized spacial score (nSPS) is 33.6. The van der Waals surface area contributed by atoms with Gasteiger partial charge in [-0.2, -0.15) is 0 Å². The molecular formula is C9H17NO. The Kier molecular flexibility index (Phi) is 3.09. The Morgan fingerprint density at radius 1 is 1.45 bits per heavy atom. The summed E-state index contributed by atoms with van der Waals surface area (Å²) in [6, 6.07) is 0. The molecule has 2 heteroatoms. The van der Waals surface area contributed by atoms with Crippen LogP contribution >= 0.6 is 0 Å². The first kappa shape index (κ1) is 8.75. The average molecular weight is 155 g/mol. The molecule has 1 saturated heterocycles. The highest BCUT2D eigenvalue weighted by molar-refractivity contribution is 4.79. The van der Waals surface area contributed by atoms with Crippen LogP contribution in [0.15, 0.2) is 12.7 Å². The van der Waals surface area contributed by atoms with Crippen LogP contribution in [-0.4, -0.2) is 36.7 Å². The number of rotatable bonds is 2. The molecule has 2 atom stereocenters. The minimum Gasteiger partial charge on any atom is -0.373 e. The van der Waals surface area contributed by atoms with Gasteiger partial charge in [-0.3, -0.25) is 4.90 Å². The van der Waals surface area contributed by atoms with E-state index in [-0.39, 0.29) is 0 Å². The topological polar surface area (TPSA) is 12.5 Å². The molecule has 1 aliphatic rings. The summed E-state index contributed by atoms with van der Waals surface area (Å²) < 4.78 is 5.59. The molecule has 0 bridgehead atoms. The lowest BCUT2D eigenvalue weighted by atomic mass is 10.2. The van der Waals surface area contributed by atoms with E-state index in [0.717, 1.165) is 19.6 Å². The van der Waals surface area contributed by atoms with Gasteiger partial charge in [0.05, 0.1) is 12.2 Å². The minimum atomic E-state index is 0.374. The second-order valence-corrected chi connectivity index (χ2v) is 3.26. The maximum atomic E-state index is 5.59. The van der Waals surface area contributed by atoms with Crippen molar-refractivity contribution in [3.63, 3.8) is 0 Å². The average Bonchev–Trinajstić information content (AvgIpc) is 1.85. The largest absolute Gasteiger partial charge is 0.373 e. The molecule has 0 saturated carbocycles. The molecule has 1 rings (SSSR count). The molecule has 11 heavy (non-hydrogen) atoms. The highest BCUT2D eigenvalue weighted by Gasteiger charge is 2.20. The van der Waals surface area contributed by atoms with E-state index in [1.165, 1.54) is 0 Å². The summed E-state index contributed by atoms with van der Waals surface area (Å²) in [4.78, 5) is 2.37. The molecular weight excluding hydrogens is 138 g/mol. The van der Waals surface area contributed by atoms with Gasteiger partial charge in [-0.15, -0.1) is 6.58 Å². The molecule has 1 aliphatic heterocycles. The number of hydrogen-bond donors (Lipinski definition) is 0. The van der Waals surface area contributed by atoms with E-state index in [9.17, 15) is 0 Å². The molecule has 1 fully saturated rings. The van der Waals surface area contributed by atoms with E-state index in [4.69, 9.17) is 4.74 Å². The van der Waals surface area contributed by atoms with Crippen LogP contribution in [0.1, 0.15) is 13.8 Å². The van der Waals surface area contributed by atoms with E-state index < -0.39 is 0 Å². The van der Waals surface area contributed by atoms with Crippen LogP contribution in [0.5, 0.6) is 0 Å². The van der Waals surface area contributed by atoms with Crippen molar-refractivity contribution in [2.24, 2.45) is 0 Å². The molecule has 1 heterocycles. The molecule has 0 aromatic heterocycles. The molecule has 2 nitrogen and oxygen atoms in total. The van der Waals surface area contributed by atoms with Gasteiger partial charge in [0.15, 0.2) is 0 Å². The van der Waals surface area contributed by atoms with Crippen molar-refractivity contribution in [3.05, 3.63) is 12.7 Å². The zero-order valence-electron chi connectivity index (χ0n) is 7.42. The van der Waals surface area contributed by atoms with Crippen LogP contribution in [0.3, 0.4) is 0 Å². The molecule has 64 valence electrons. The van der Waals surface area contributed by atoms with Crippen molar-refractivity contribution in [1.29, 1.82) is 0 Å². The van der Waals surface area contributed by atoms with Crippen molar-refractivity contribution in [1.82, 2.24) is 4.90 Å². The van der Waals surface area contributed by atoms with Crippen LogP contribution in [0.4, 0.5) is 0 Å². The van der Waals surface area contributed by atoms with Crippen LogP contribution < -0.4 is 0 Å². The smallest absolute Gasteiger partial charge is 0.0678 e. The van der Waals surface area contributed by atoms with Crippen molar-refractivity contribution in [3.8, 4) is 0 Å². The fraction of sp³-hybridized carbons (Fsp3) is 0.778. The standard InChI is InChI=1S/C9H17NO/c1-4-5-10-6-8(2)11-9(3)7-10/h4,8-9H,1,5-7H2,2-3H3/t8-,9+. The fourth-order valence-electron chi connectivity index (χ4n) is 1.62. The summed E-state index contributed by atoms with van der Waals surface area (Å²) in [7, 11) is 0. The molecule has 0 aromatic rings. The van der Waals surface area contributed by atoms with Gasteiger partial charge < -0.3 is 4.74 Å². The molecule has 0 amide bonds. The Labute approximate surface area is 68.8 Å². The highest BCUT2D eigenvalue weighted by atomic mass is 16.5. The predicted octanol–water partition coefficient (Wildman–Crippen LogP) is 1.28. The molecule has 0 N–H and O–H groups in total. The zero-order chi connectivity index (χ0) is 8.27. The summed E-state index contributed by atoms with van der Waals surface area (Å²) in [6.07, 6.45) is 2.70. The van der Waals surface area contributed by atoms with Crippen molar-refractivity contribution >= 4 is 0 Å². The Hall–Kier alpha value is -0.340. The van der Waals surface area contributed by atoms with Gasteiger partial charge in [0.25, 0.3) is 0 Å². The van der Waals surface area contributed by atoms with Gasteiger partial charge >= 0.3 is 0 Å². The highest BCUT2D eigenvalue weighted by Crippen LogP contribution is 2.09. The Morgan fingerprint density at radius 2 is 2.00 bits per heavy atom. The molecule has 0 spiro atoms. The number of ether oxygens (including phenoxy) is 1. The van der Waals surface area contributed by atoms with Gasteiger partial charge in [0.2, 0.25) is 0 Å². The van der Waals surface area contributed by atoms with E-state index in [0.29, 0.717) is 12.2 Å². The Balaban J connectivity index is 2.36. The maximum absolute atomic E-state index is 5.59. The molecule has 0 radical (unpaired) electrons. The third-order valence-corrected chi connectivity index (χ3v) is 1.88. The van der Waals surface area contributed by atoms with Crippen LogP contribution in [0.2, 0.25) is 0 Å². The summed E-state index contributed by atoms with van der Waals surface area (Å²) in [5.41, 5.74) is 0. The van der Waals surface area contributed by atoms with Crippen molar-refractivity contribution in [2.45, 2.75) is 26.1 Å². The molecule has 0 aromatic carbocycles. The first-order valence-corrected chi connectivity index (χ1v) is 4.21. The summed E-state index contributed by atoms with van der Waals surface area (Å²) in [6.45, 7) is 11.0. The number of nitrogens with zero attached hydrogens (tertiary/aromatic N) is 1. The van der Waals surface area contributed by atoms with Gasteiger partial charge in [-0.25, -0.2) is 0 Å². The first-order valence-electron chi connectivity index (χ1n) is 4.21.